The maximum Gasteiger partial charge on any atom is 0.416 e. The Morgan fingerprint density at radius 3 is 2.00 bits per heavy atom. The van der Waals surface area contributed by atoms with Crippen molar-refractivity contribution < 1.29 is 17.9 Å². The van der Waals surface area contributed by atoms with Gasteiger partial charge in [0.2, 0.25) is 0 Å². The predicted octanol–water partition coefficient (Wildman–Crippen LogP) is 4.28. The standard InChI is InChI=1S/C14H11F3O/c15-14(16,17)12-6-8-13(9-7-12)18-10-11-4-2-1-3-5-11/h1-9H,10H2/i15-1. The Morgan fingerprint density at radius 2 is 1.44 bits per heavy atom. The molecule has 0 aliphatic rings. The molecule has 0 atom stereocenters. The fourth-order valence-corrected chi connectivity index (χ4v) is 1.48. The van der Waals surface area contributed by atoms with E-state index in [0.29, 0.717) is 12.4 Å². The minimum atomic E-state index is -4.31. The fraction of sp³-hybridized carbons (Fsp3) is 0.143. The van der Waals surface area contributed by atoms with Crippen LogP contribution < -0.4 is 4.74 Å². The molecule has 0 heterocycles. The molecule has 0 aliphatic heterocycles. The highest BCUT2D eigenvalue weighted by molar-refractivity contribution is 5.29. The summed E-state index contributed by atoms with van der Waals surface area (Å²) in [5, 5.41) is 0. The summed E-state index contributed by atoms with van der Waals surface area (Å²) in [6, 6.07) is 14.1. The Morgan fingerprint density at radius 1 is 0.833 bits per heavy atom. The van der Waals surface area contributed by atoms with Gasteiger partial charge < -0.3 is 4.74 Å². The molecule has 0 unspecified atom stereocenters. The number of hydrogen-bond acceptors (Lipinski definition) is 1. The second-order valence-corrected chi connectivity index (χ2v) is 3.80. The lowest BCUT2D eigenvalue weighted by Gasteiger charge is -2.09. The Bertz CT molecular complexity index is 489. The zero-order chi connectivity index (χ0) is 13.0. The van der Waals surface area contributed by atoms with E-state index in [1.165, 1.54) is 12.1 Å². The number of ether oxygens (including phenoxy) is 1. The molecule has 0 amide bonds. The van der Waals surface area contributed by atoms with Gasteiger partial charge in [-0.3, -0.25) is 0 Å². The smallest absolute Gasteiger partial charge is 0.416 e. The van der Waals surface area contributed by atoms with Crippen molar-refractivity contribution in [3.8, 4) is 5.75 Å². The molecule has 0 aromatic heterocycles. The van der Waals surface area contributed by atoms with Gasteiger partial charge in [-0.15, -0.1) is 0 Å². The number of rotatable bonds is 3. The van der Waals surface area contributed by atoms with Crippen LogP contribution in [0.4, 0.5) is 13.2 Å². The third-order valence-electron chi connectivity index (χ3n) is 2.43. The second-order valence-electron chi connectivity index (χ2n) is 3.80. The number of hydrogen-bond donors (Lipinski definition) is 0. The van der Waals surface area contributed by atoms with E-state index in [1.807, 2.05) is 30.3 Å². The molecule has 18 heavy (non-hydrogen) atoms. The first-order valence-electron chi connectivity index (χ1n) is 5.40. The van der Waals surface area contributed by atoms with E-state index in [4.69, 9.17) is 4.74 Å². The van der Waals surface area contributed by atoms with Crippen LogP contribution in [0.2, 0.25) is 0 Å². The lowest BCUT2D eigenvalue weighted by atomic mass is 10.2. The van der Waals surface area contributed by atoms with Gasteiger partial charge in [0.15, 0.2) is 0 Å². The van der Waals surface area contributed by atoms with Gasteiger partial charge in [0.1, 0.15) is 12.4 Å². The van der Waals surface area contributed by atoms with Crippen LogP contribution in [0.1, 0.15) is 11.1 Å². The van der Waals surface area contributed by atoms with Crippen LogP contribution >= 0.6 is 0 Å². The van der Waals surface area contributed by atoms with Crippen LogP contribution in [0.15, 0.2) is 54.6 Å². The average molecular weight is 251 g/mol. The van der Waals surface area contributed by atoms with Crippen molar-refractivity contribution in [1.82, 2.24) is 0 Å². The zero-order valence-corrected chi connectivity index (χ0v) is 9.45. The highest BCUT2D eigenvalue weighted by Gasteiger charge is 2.29. The highest BCUT2D eigenvalue weighted by atomic mass is 19.3. The van der Waals surface area contributed by atoms with Gasteiger partial charge in [0.05, 0.1) is 5.56 Å². The molecule has 0 aliphatic carbocycles. The molecule has 0 fully saturated rings. The molecule has 2 rings (SSSR count). The minimum Gasteiger partial charge on any atom is -0.489 e. The van der Waals surface area contributed by atoms with E-state index in [0.717, 1.165) is 17.7 Å². The number of alkyl halides is 3. The van der Waals surface area contributed by atoms with Crippen LogP contribution in [0.25, 0.3) is 0 Å². The zero-order valence-electron chi connectivity index (χ0n) is 9.45. The van der Waals surface area contributed by atoms with Crippen molar-refractivity contribution in [2.24, 2.45) is 0 Å². The first-order valence-corrected chi connectivity index (χ1v) is 5.40. The third-order valence-corrected chi connectivity index (χ3v) is 2.43. The molecular weight excluding hydrogens is 240 g/mol. The average Bonchev–Trinajstić information content (AvgIpc) is 2.37. The van der Waals surface area contributed by atoms with Crippen LogP contribution in [0, 0.1) is 0 Å². The molecule has 1 nitrogen and oxygen atoms in total. The summed E-state index contributed by atoms with van der Waals surface area (Å²) in [5.41, 5.74) is 0.298. The van der Waals surface area contributed by atoms with E-state index in [-0.39, 0.29) is 0 Å². The first kappa shape index (κ1) is 12.5. The Kier molecular flexibility index (Phi) is 3.55. The molecule has 4 heteroatoms. The fourth-order valence-electron chi connectivity index (χ4n) is 1.48. The maximum absolute atomic E-state index is 12.3. The van der Waals surface area contributed by atoms with Gasteiger partial charge in [-0.05, 0) is 29.8 Å². The second kappa shape index (κ2) is 5.12. The summed E-state index contributed by atoms with van der Waals surface area (Å²) in [6.45, 7) is 0.339. The van der Waals surface area contributed by atoms with Gasteiger partial charge in [-0.25, -0.2) is 0 Å². The van der Waals surface area contributed by atoms with E-state index in [1.54, 1.807) is 0 Å². The largest absolute Gasteiger partial charge is 0.489 e. The topological polar surface area (TPSA) is 9.23 Å². The summed E-state index contributed by atoms with van der Waals surface area (Å²) >= 11 is 0. The van der Waals surface area contributed by atoms with Crippen molar-refractivity contribution in [2.75, 3.05) is 0 Å². The van der Waals surface area contributed by atoms with Gasteiger partial charge in [-0.1, -0.05) is 30.3 Å². The first-order chi connectivity index (χ1) is 8.55. The lowest BCUT2D eigenvalue weighted by Crippen LogP contribution is -2.04. The molecule has 0 saturated carbocycles. The molecule has 0 spiro atoms. The Hall–Kier alpha value is -1.97. The molecule has 0 bridgehead atoms. The Balaban J connectivity index is 1.99. The quantitative estimate of drug-likeness (QED) is 0.790. The SMILES string of the molecule is FC(F)([18F])c1ccc(OCc2ccccc2)cc1. The van der Waals surface area contributed by atoms with Crippen molar-refractivity contribution in [1.29, 1.82) is 0 Å². The number of halogens is 3. The Labute approximate surface area is 103 Å². The molecule has 0 saturated heterocycles. The van der Waals surface area contributed by atoms with Crippen molar-refractivity contribution >= 4 is 0 Å². The molecule has 0 N–H and O–H groups in total. The van der Waals surface area contributed by atoms with Gasteiger partial charge in [0, 0.05) is 0 Å². The van der Waals surface area contributed by atoms with Crippen molar-refractivity contribution in [2.45, 2.75) is 12.8 Å². The summed E-state index contributed by atoms with van der Waals surface area (Å²) in [5.74, 6) is 0.423. The van der Waals surface area contributed by atoms with Crippen LogP contribution in [0.5, 0.6) is 5.75 Å². The minimum absolute atomic E-state index is 0.339. The maximum atomic E-state index is 12.3. The van der Waals surface area contributed by atoms with Crippen LogP contribution in [0.3, 0.4) is 0 Å². The summed E-state index contributed by atoms with van der Waals surface area (Å²) < 4.78 is 42.4. The van der Waals surface area contributed by atoms with E-state index >= 15 is 0 Å². The van der Waals surface area contributed by atoms with Gasteiger partial charge >= 0.3 is 6.18 Å². The third kappa shape index (κ3) is 3.26. The molecule has 0 radical (unpaired) electrons. The van der Waals surface area contributed by atoms with E-state index in [9.17, 15) is 13.2 Å². The van der Waals surface area contributed by atoms with E-state index < -0.39 is 11.7 Å². The monoisotopic (exact) mass is 251 g/mol. The van der Waals surface area contributed by atoms with Crippen LogP contribution in [-0.4, -0.2) is 0 Å². The number of benzene rings is 2. The summed E-state index contributed by atoms with van der Waals surface area (Å²) in [7, 11) is 0. The van der Waals surface area contributed by atoms with Crippen LogP contribution in [-0.2, 0) is 12.8 Å². The molecule has 2 aromatic carbocycles. The predicted molar refractivity (Wildman–Crippen MR) is 62.2 cm³/mol. The molecule has 94 valence electrons. The van der Waals surface area contributed by atoms with E-state index in [2.05, 4.69) is 0 Å². The lowest BCUT2D eigenvalue weighted by molar-refractivity contribution is -0.137. The van der Waals surface area contributed by atoms with Crippen molar-refractivity contribution in [3.63, 3.8) is 0 Å². The molecule has 2 aromatic rings. The van der Waals surface area contributed by atoms with Gasteiger partial charge in [0.25, 0.3) is 0 Å². The summed E-state index contributed by atoms with van der Waals surface area (Å²) in [4.78, 5) is 0. The normalized spacial score (nSPS) is 11.3. The van der Waals surface area contributed by atoms with Crippen molar-refractivity contribution in [3.05, 3.63) is 65.7 Å². The van der Waals surface area contributed by atoms with Gasteiger partial charge in [-0.2, -0.15) is 13.2 Å². The highest BCUT2D eigenvalue weighted by Crippen LogP contribution is 2.30. The molecular formula is C14H11F3O. The summed E-state index contributed by atoms with van der Waals surface area (Å²) in [6.07, 6.45) is -4.31.